The fraction of sp³-hybridized carbons (Fsp3) is 0.267. The summed E-state index contributed by atoms with van der Waals surface area (Å²) < 4.78 is 14.0. The molecular formula is C15H17FN2O. The van der Waals surface area contributed by atoms with E-state index in [4.69, 9.17) is 5.11 Å². The summed E-state index contributed by atoms with van der Waals surface area (Å²) in [6.07, 6.45) is 1.51. The van der Waals surface area contributed by atoms with Crippen molar-refractivity contribution >= 4 is 5.82 Å². The zero-order valence-corrected chi connectivity index (χ0v) is 11.1. The second kappa shape index (κ2) is 5.80. The third kappa shape index (κ3) is 3.09. The molecule has 3 nitrogen and oxygen atoms in total. The van der Waals surface area contributed by atoms with Crippen LogP contribution in [0.2, 0.25) is 0 Å². The predicted molar refractivity (Wildman–Crippen MR) is 73.4 cm³/mol. The molecule has 0 spiro atoms. The lowest BCUT2D eigenvalue weighted by molar-refractivity contribution is 0.275. The maximum atomic E-state index is 14.0. The molecular weight excluding hydrogens is 243 g/mol. The lowest BCUT2D eigenvalue weighted by atomic mass is 10.1. The monoisotopic (exact) mass is 260 g/mol. The quantitative estimate of drug-likeness (QED) is 0.918. The maximum Gasteiger partial charge on any atom is 0.171 e. The van der Waals surface area contributed by atoms with Crippen molar-refractivity contribution in [2.45, 2.75) is 20.1 Å². The number of benzene rings is 1. The molecule has 1 heterocycles. The van der Waals surface area contributed by atoms with Crippen LogP contribution in [-0.2, 0) is 13.2 Å². The first-order valence-corrected chi connectivity index (χ1v) is 6.12. The first-order valence-electron chi connectivity index (χ1n) is 6.12. The Bertz CT molecular complexity index is 555. The standard InChI is InChI=1S/C15H17FN2O/c1-11-3-5-12(6-4-11)9-18(2)15-14(16)13(10-19)7-8-17-15/h3-8,19H,9-10H2,1-2H3. The van der Waals surface area contributed by atoms with E-state index in [0.717, 1.165) is 5.56 Å². The Morgan fingerprint density at radius 3 is 2.53 bits per heavy atom. The molecule has 0 bridgehead atoms. The van der Waals surface area contributed by atoms with Crippen molar-refractivity contribution in [1.82, 2.24) is 4.98 Å². The maximum absolute atomic E-state index is 14.0. The van der Waals surface area contributed by atoms with Gasteiger partial charge in [-0.05, 0) is 18.6 Å². The number of halogens is 1. The summed E-state index contributed by atoms with van der Waals surface area (Å²) >= 11 is 0. The number of aliphatic hydroxyl groups excluding tert-OH is 1. The molecule has 0 saturated carbocycles. The third-order valence-electron chi connectivity index (χ3n) is 3.02. The summed E-state index contributed by atoms with van der Waals surface area (Å²) in [5.41, 5.74) is 2.54. The average molecular weight is 260 g/mol. The summed E-state index contributed by atoms with van der Waals surface area (Å²) in [5, 5.41) is 9.06. The van der Waals surface area contributed by atoms with Crippen LogP contribution in [0.1, 0.15) is 16.7 Å². The molecule has 4 heteroatoms. The largest absolute Gasteiger partial charge is 0.392 e. The molecule has 0 aliphatic heterocycles. The number of pyridine rings is 1. The Morgan fingerprint density at radius 2 is 1.89 bits per heavy atom. The summed E-state index contributed by atoms with van der Waals surface area (Å²) in [4.78, 5) is 5.78. The molecule has 1 aromatic heterocycles. The molecule has 2 rings (SSSR count). The Hall–Kier alpha value is -1.94. The number of aliphatic hydroxyl groups is 1. The average Bonchev–Trinajstić information content (AvgIpc) is 2.41. The summed E-state index contributed by atoms with van der Waals surface area (Å²) in [6.45, 7) is 2.28. The molecule has 100 valence electrons. The summed E-state index contributed by atoms with van der Waals surface area (Å²) in [5.74, 6) is -0.202. The van der Waals surface area contributed by atoms with Crippen LogP contribution in [0.25, 0.3) is 0 Å². The van der Waals surface area contributed by atoms with Crippen molar-refractivity contribution in [3.63, 3.8) is 0 Å². The molecule has 0 aliphatic rings. The van der Waals surface area contributed by atoms with Crippen molar-refractivity contribution < 1.29 is 9.50 Å². The number of nitrogens with zero attached hydrogens (tertiary/aromatic N) is 2. The molecule has 0 aliphatic carbocycles. The van der Waals surface area contributed by atoms with Gasteiger partial charge >= 0.3 is 0 Å². The Morgan fingerprint density at radius 1 is 1.21 bits per heavy atom. The SMILES string of the molecule is Cc1ccc(CN(C)c2nccc(CO)c2F)cc1. The van der Waals surface area contributed by atoms with Crippen LogP contribution in [0.5, 0.6) is 0 Å². The number of aromatic nitrogens is 1. The number of aryl methyl sites for hydroxylation is 1. The minimum Gasteiger partial charge on any atom is -0.392 e. The van der Waals surface area contributed by atoms with Crippen LogP contribution >= 0.6 is 0 Å². The molecule has 1 N–H and O–H groups in total. The highest BCUT2D eigenvalue weighted by Gasteiger charge is 2.13. The van der Waals surface area contributed by atoms with Crippen molar-refractivity contribution in [1.29, 1.82) is 0 Å². The van der Waals surface area contributed by atoms with Crippen LogP contribution in [-0.4, -0.2) is 17.1 Å². The van der Waals surface area contributed by atoms with Crippen LogP contribution in [0.4, 0.5) is 10.2 Å². The first kappa shape index (κ1) is 13.5. The lowest BCUT2D eigenvalue weighted by Crippen LogP contribution is -2.19. The number of hydrogen-bond donors (Lipinski definition) is 1. The zero-order chi connectivity index (χ0) is 13.8. The Kier molecular flexibility index (Phi) is 4.12. The van der Waals surface area contributed by atoms with Crippen molar-refractivity contribution in [2.24, 2.45) is 0 Å². The van der Waals surface area contributed by atoms with Crippen molar-refractivity contribution in [2.75, 3.05) is 11.9 Å². The van der Waals surface area contributed by atoms with Crippen LogP contribution < -0.4 is 4.90 Å². The smallest absolute Gasteiger partial charge is 0.171 e. The molecule has 0 saturated heterocycles. The van der Waals surface area contributed by atoms with Crippen molar-refractivity contribution in [3.05, 3.63) is 59.0 Å². The van der Waals surface area contributed by atoms with E-state index < -0.39 is 5.82 Å². The van der Waals surface area contributed by atoms with Crippen molar-refractivity contribution in [3.8, 4) is 0 Å². The van der Waals surface area contributed by atoms with Gasteiger partial charge in [-0.15, -0.1) is 0 Å². The third-order valence-corrected chi connectivity index (χ3v) is 3.02. The lowest BCUT2D eigenvalue weighted by Gasteiger charge is -2.19. The zero-order valence-electron chi connectivity index (χ0n) is 11.1. The Labute approximate surface area is 112 Å². The summed E-state index contributed by atoms with van der Waals surface area (Å²) in [6, 6.07) is 9.56. The molecule has 0 amide bonds. The van der Waals surface area contributed by atoms with E-state index in [1.54, 1.807) is 11.9 Å². The number of hydrogen-bond acceptors (Lipinski definition) is 3. The molecule has 1 aromatic carbocycles. The van der Waals surface area contributed by atoms with Gasteiger partial charge < -0.3 is 10.0 Å². The molecule has 0 unspecified atom stereocenters. The minimum atomic E-state index is -0.459. The predicted octanol–water partition coefficient (Wildman–Crippen LogP) is 2.66. The second-order valence-corrected chi connectivity index (χ2v) is 4.61. The molecule has 0 fully saturated rings. The normalized spacial score (nSPS) is 10.5. The van der Waals surface area contributed by atoms with Gasteiger partial charge in [0, 0.05) is 25.4 Å². The van der Waals surface area contributed by atoms with E-state index in [1.807, 2.05) is 31.2 Å². The van der Waals surface area contributed by atoms with E-state index in [1.165, 1.54) is 17.8 Å². The number of rotatable bonds is 4. The molecule has 0 atom stereocenters. The van der Waals surface area contributed by atoms with Gasteiger partial charge in [0.15, 0.2) is 11.6 Å². The first-order chi connectivity index (χ1) is 9.11. The van der Waals surface area contributed by atoms with Gasteiger partial charge in [0.2, 0.25) is 0 Å². The molecule has 19 heavy (non-hydrogen) atoms. The summed E-state index contributed by atoms with van der Waals surface area (Å²) in [7, 11) is 1.78. The highest BCUT2D eigenvalue weighted by molar-refractivity contribution is 5.43. The van der Waals surface area contributed by atoms with E-state index in [2.05, 4.69) is 4.98 Å². The minimum absolute atomic E-state index is 0.257. The fourth-order valence-electron chi connectivity index (χ4n) is 1.90. The van der Waals surface area contributed by atoms with Gasteiger partial charge in [0.05, 0.1) is 6.61 Å². The highest BCUT2D eigenvalue weighted by Crippen LogP contribution is 2.20. The van der Waals surface area contributed by atoms with Gasteiger partial charge in [-0.1, -0.05) is 29.8 Å². The fourth-order valence-corrected chi connectivity index (χ4v) is 1.90. The van der Waals surface area contributed by atoms with Gasteiger partial charge in [-0.2, -0.15) is 0 Å². The molecule has 0 radical (unpaired) electrons. The van der Waals surface area contributed by atoms with Crippen LogP contribution in [0.15, 0.2) is 36.5 Å². The highest BCUT2D eigenvalue weighted by atomic mass is 19.1. The second-order valence-electron chi connectivity index (χ2n) is 4.61. The van der Waals surface area contributed by atoms with Crippen LogP contribution in [0, 0.1) is 12.7 Å². The van der Waals surface area contributed by atoms with Gasteiger partial charge in [-0.3, -0.25) is 0 Å². The van der Waals surface area contributed by atoms with E-state index >= 15 is 0 Å². The van der Waals surface area contributed by atoms with E-state index in [0.29, 0.717) is 6.54 Å². The van der Waals surface area contributed by atoms with E-state index in [9.17, 15) is 4.39 Å². The van der Waals surface area contributed by atoms with Gasteiger partial charge in [0.25, 0.3) is 0 Å². The molecule has 2 aromatic rings. The topological polar surface area (TPSA) is 36.4 Å². The van der Waals surface area contributed by atoms with Gasteiger partial charge in [0.1, 0.15) is 0 Å². The van der Waals surface area contributed by atoms with Crippen LogP contribution in [0.3, 0.4) is 0 Å². The number of anilines is 1. The Balaban J connectivity index is 2.20. The van der Waals surface area contributed by atoms with Gasteiger partial charge in [-0.25, -0.2) is 9.37 Å². The van der Waals surface area contributed by atoms with E-state index in [-0.39, 0.29) is 18.0 Å².